The summed E-state index contributed by atoms with van der Waals surface area (Å²) in [6.07, 6.45) is 3.27. The van der Waals surface area contributed by atoms with Gasteiger partial charge in [-0.3, -0.25) is 9.78 Å². The van der Waals surface area contributed by atoms with E-state index in [-0.39, 0.29) is 11.6 Å². The van der Waals surface area contributed by atoms with E-state index in [9.17, 15) is 9.18 Å². The Bertz CT molecular complexity index is 382. The molecule has 0 saturated carbocycles. The standard InChI is InChI=1S/C12H18FN3O/c1-9(5-7-16(2)3)15-12(17)10-4-6-14-8-11(10)13/h4,6,8-9H,5,7H2,1-3H3,(H,15,17). The molecule has 0 saturated heterocycles. The van der Waals surface area contributed by atoms with Crippen molar-refractivity contribution in [2.24, 2.45) is 0 Å². The lowest BCUT2D eigenvalue weighted by Crippen LogP contribution is -2.35. The molecule has 0 radical (unpaired) electrons. The largest absolute Gasteiger partial charge is 0.349 e. The molecule has 0 aromatic carbocycles. The van der Waals surface area contributed by atoms with Crippen LogP contribution in [0.2, 0.25) is 0 Å². The highest BCUT2D eigenvalue weighted by atomic mass is 19.1. The first-order valence-corrected chi connectivity index (χ1v) is 5.56. The number of halogens is 1. The van der Waals surface area contributed by atoms with Gasteiger partial charge in [0.2, 0.25) is 0 Å². The summed E-state index contributed by atoms with van der Waals surface area (Å²) in [5.41, 5.74) is 0.0386. The van der Waals surface area contributed by atoms with Gasteiger partial charge in [0, 0.05) is 12.2 Å². The van der Waals surface area contributed by atoms with Crippen molar-refractivity contribution in [1.82, 2.24) is 15.2 Å². The van der Waals surface area contributed by atoms with Crippen molar-refractivity contribution < 1.29 is 9.18 Å². The molecular formula is C12H18FN3O. The molecule has 0 spiro atoms. The minimum absolute atomic E-state index is 0.0115. The highest BCUT2D eigenvalue weighted by molar-refractivity contribution is 5.94. The minimum Gasteiger partial charge on any atom is -0.349 e. The Kier molecular flexibility index (Phi) is 5.03. The zero-order valence-corrected chi connectivity index (χ0v) is 10.4. The van der Waals surface area contributed by atoms with Crippen molar-refractivity contribution in [2.75, 3.05) is 20.6 Å². The van der Waals surface area contributed by atoms with Crippen LogP contribution in [0.1, 0.15) is 23.7 Å². The summed E-state index contributed by atoms with van der Waals surface area (Å²) < 4.78 is 13.3. The smallest absolute Gasteiger partial charge is 0.254 e. The van der Waals surface area contributed by atoms with Crippen LogP contribution in [0.15, 0.2) is 18.5 Å². The number of nitrogens with zero attached hydrogens (tertiary/aromatic N) is 2. The molecule has 0 aliphatic carbocycles. The molecule has 1 unspecified atom stereocenters. The molecule has 5 heteroatoms. The summed E-state index contributed by atoms with van der Waals surface area (Å²) in [6.45, 7) is 2.78. The van der Waals surface area contributed by atoms with Crippen LogP contribution in [0.5, 0.6) is 0 Å². The molecule has 1 amide bonds. The molecule has 1 atom stereocenters. The predicted molar refractivity (Wildman–Crippen MR) is 64.3 cm³/mol. The number of pyridine rings is 1. The van der Waals surface area contributed by atoms with Gasteiger partial charge < -0.3 is 10.2 Å². The molecular weight excluding hydrogens is 221 g/mol. The third kappa shape index (κ3) is 4.48. The zero-order valence-electron chi connectivity index (χ0n) is 10.4. The van der Waals surface area contributed by atoms with Gasteiger partial charge in [0.15, 0.2) is 5.82 Å². The van der Waals surface area contributed by atoms with Gasteiger partial charge in [-0.05, 0) is 40.1 Å². The maximum absolute atomic E-state index is 13.3. The van der Waals surface area contributed by atoms with Gasteiger partial charge in [0.25, 0.3) is 5.91 Å². The van der Waals surface area contributed by atoms with Crippen molar-refractivity contribution >= 4 is 5.91 Å². The molecule has 1 N–H and O–H groups in total. The number of amides is 1. The minimum atomic E-state index is -0.593. The molecule has 1 aromatic heterocycles. The molecule has 1 heterocycles. The Morgan fingerprint density at radius 3 is 2.88 bits per heavy atom. The van der Waals surface area contributed by atoms with E-state index in [1.54, 1.807) is 0 Å². The summed E-state index contributed by atoms with van der Waals surface area (Å²) in [5.74, 6) is -0.985. The highest BCUT2D eigenvalue weighted by Crippen LogP contribution is 2.05. The molecule has 17 heavy (non-hydrogen) atoms. The van der Waals surface area contributed by atoms with Crippen LogP contribution in [0.25, 0.3) is 0 Å². The fourth-order valence-corrected chi connectivity index (χ4v) is 1.38. The average Bonchev–Trinajstić information content (AvgIpc) is 2.26. The third-order valence-electron chi connectivity index (χ3n) is 2.40. The lowest BCUT2D eigenvalue weighted by molar-refractivity contribution is 0.0932. The van der Waals surface area contributed by atoms with Crippen molar-refractivity contribution in [3.05, 3.63) is 29.8 Å². The number of carbonyl (C=O) groups excluding carboxylic acids is 1. The second-order valence-electron chi connectivity index (χ2n) is 4.32. The summed E-state index contributed by atoms with van der Waals surface area (Å²) in [6, 6.07) is 1.39. The molecule has 94 valence electrons. The SMILES string of the molecule is CC(CCN(C)C)NC(=O)c1ccncc1F. The number of aromatic nitrogens is 1. The maximum atomic E-state index is 13.3. The number of rotatable bonds is 5. The number of carbonyl (C=O) groups is 1. The lowest BCUT2D eigenvalue weighted by Gasteiger charge is -2.16. The van der Waals surface area contributed by atoms with Gasteiger partial charge in [-0.25, -0.2) is 4.39 Å². The van der Waals surface area contributed by atoms with Gasteiger partial charge in [0.05, 0.1) is 11.8 Å². The second kappa shape index (κ2) is 6.30. The van der Waals surface area contributed by atoms with E-state index in [1.807, 2.05) is 25.9 Å². The van der Waals surface area contributed by atoms with E-state index in [0.717, 1.165) is 19.2 Å². The van der Waals surface area contributed by atoms with Crippen LogP contribution in [0.3, 0.4) is 0 Å². The summed E-state index contributed by atoms with van der Waals surface area (Å²) >= 11 is 0. The van der Waals surface area contributed by atoms with Gasteiger partial charge >= 0.3 is 0 Å². The predicted octanol–water partition coefficient (Wildman–Crippen LogP) is 1.29. The zero-order chi connectivity index (χ0) is 12.8. The van der Waals surface area contributed by atoms with Crippen LogP contribution >= 0.6 is 0 Å². The monoisotopic (exact) mass is 239 g/mol. The van der Waals surface area contributed by atoms with E-state index in [0.29, 0.717) is 0 Å². The highest BCUT2D eigenvalue weighted by Gasteiger charge is 2.13. The van der Waals surface area contributed by atoms with Gasteiger partial charge in [0.1, 0.15) is 0 Å². The van der Waals surface area contributed by atoms with E-state index in [2.05, 4.69) is 10.3 Å². The van der Waals surface area contributed by atoms with E-state index in [4.69, 9.17) is 0 Å². The fraction of sp³-hybridized carbons (Fsp3) is 0.500. The molecule has 4 nitrogen and oxygen atoms in total. The number of nitrogens with one attached hydrogen (secondary N) is 1. The first-order chi connectivity index (χ1) is 8.00. The normalized spacial score (nSPS) is 12.5. The number of hydrogen-bond donors (Lipinski definition) is 1. The quantitative estimate of drug-likeness (QED) is 0.842. The lowest BCUT2D eigenvalue weighted by atomic mass is 10.2. The van der Waals surface area contributed by atoms with Crippen molar-refractivity contribution in [2.45, 2.75) is 19.4 Å². The molecule has 1 rings (SSSR count). The van der Waals surface area contributed by atoms with Crippen LogP contribution < -0.4 is 5.32 Å². The summed E-state index contributed by atoms with van der Waals surface area (Å²) in [5, 5.41) is 2.76. The summed E-state index contributed by atoms with van der Waals surface area (Å²) in [7, 11) is 3.94. The topological polar surface area (TPSA) is 45.2 Å². The molecule has 0 fully saturated rings. The molecule has 0 aliphatic heterocycles. The van der Waals surface area contributed by atoms with Gasteiger partial charge in [-0.1, -0.05) is 0 Å². The Balaban J connectivity index is 2.52. The van der Waals surface area contributed by atoms with Crippen LogP contribution in [-0.4, -0.2) is 42.5 Å². The van der Waals surface area contributed by atoms with Crippen molar-refractivity contribution in [3.63, 3.8) is 0 Å². The molecule has 0 bridgehead atoms. The Morgan fingerprint density at radius 2 is 2.29 bits per heavy atom. The van der Waals surface area contributed by atoms with E-state index >= 15 is 0 Å². The first-order valence-electron chi connectivity index (χ1n) is 5.56. The van der Waals surface area contributed by atoms with Crippen molar-refractivity contribution in [1.29, 1.82) is 0 Å². The second-order valence-corrected chi connectivity index (χ2v) is 4.32. The molecule has 0 aliphatic rings. The Hall–Kier alpha value is -1.49. The van der Waals surface area contributed by atoms with Crippen LogP contribution in [0, 0.1) is 5.82 Å². The van der Waals surface area contributed by atoms with E-state index in [1.165, 1.54) is 12.3 Å². The average molecular weight is 239 g/mol. The maximum Gasteiger partial charge on any atom is 0.254 e. The third-order valence-corrected chi connectivity index (χ3v) is 2.40. The van der Waals surface area contributed by atoms with Gasteiger partial charge in [-0.15, -0.1) is 0 Å². The number of hydrogen-bond acceptors (Lipinski definition) is 3. The Morgan fingerprint density at radius 1 is 1.59 bits per heavy atom. The van der Waals surface area contributed by atoms with Crippen molar-refractivity contribution in [3.8, 4) is 0 Å². The fourth-order valence-electron chi connectivity index (χ4n) is 1.38. The van der Waals surface area contributed by atoms with Crippen LogP contribution in [0.4, 0.5) is 4.39 Å². The Labute approximate surface area is 101 Å². The molecule has 1 aromatic rings. The summed E-state index contributed by atoms with van der Waals surface area (Å²) in [4.78, 5) is 17.4. The first kappa shape index (κ1) is 13.6. The van der Waals surface area contributed by atoms with Crippen LogP contribution in [-0.2, 0) is 0 Å². The van der Waals surface area contributed by atoms with E-state index < -0.39 is 11.7 Å². The van der Waals surface area contributed by atoms with Gasteiger partial charge in [-0.2, -0.15) is 0 Å².